The highest BCUT2D eigenvalue weighted by Crippen LogP contribution is 2.12. The topological polar surface area (TPSA) is 72.8 Å². The minimum Gasteiger partial charge on any atom is -0.465 e. The van der Waals surface area contributed by atoms with Crippen molar-refractivity contribution in [1.29, 1.82) is 0 Å². The standard InChI is InChI=1S/C13H18N2O3/c16-12-6-7-15(13(17)18)9-11(12)14-8-10-4-2-1-3-5-10/h1-5,11-12,14,16H,6-9H2,(H,17,18). The largest absolute Gasteiger partial charge is 0.465 e. The number of carbonyl (C=O) groups is 1. The molecule has 18 heavy (non-hydrogen) atoms. The Labute approximate surface area is 106 Å². The molecule has 5 nitrogen and oxygen atoms in total. The van der Waals surface area contributed by atoms with Gasteiger partial charge in [-0.3, -0.25) is 0 Å². The number of benzene rings is 1. The number of rotatable bonds is 3. The Morgan fingerprint density at radius 1 is 1.39 bits per heavy atom. The molecule has 0 aromatic heterocycles. The van der Waals surface area contributed by atoms with Crippen molar-refractivity contribution >= 4 is 6.09 Å². The molecule has 3 N–H and O–H groups in total. The van der Waals surface area contributed by atoms with E-state index in [-0.39, 0.29) is 6.04 Å². The van der Waals surface area contributed by atoms with Gasteiger partial charge in [0.2, 0.25) is 0 Å². The number of aliphatic hydroxyl groups excluding tert-OH is 1. The van der Waals surface area contributed by atoms with Crippen molar-refractivity contribution in [3.8, 4) is 0 Å². The molecule has 1 aliphatic rings. The van der Waals surface area contributed by atoms with Crippen molar-refractivity contribution in [2.24, 2.45) is 0 Å². The fourth-order valence-corrected chi connectivity index (χ4v) is 2.16. The number of nitrogens with zero attached hydrogens (tertiary/aromatic N) is 1. The third-order valence-electron chi connectivity index (χ3n) is 3.26. The Morgan fingerprint density at radius 2 is 2.11 bits per heavy atom. The molecule has 1 aromatic rings. The second-order valence-corrected chi connectivity index (χ2v) is 4.56. The van der Waals surface area contributed by atoms with E-state index >= 15 is 0 Å². The van der Waals surface area contributed by atoms with E-state index in [4.69, 9.17) is 5.11 Å². The highest BCUT2D eigenvalue weighted by molar-refractivity contribution is 5.65. The van der Waals surface area contributed by atoms with Crippen molar-refractivity contribution in [2.45, 2.75) is 25.1 Å². The van der Waals surface area contributed by atoms with Crippen LogP contribution in [0.25, 0.3) is 0 Å². The summed E-state index contributed by atoms with van der Waals surface area (Å²) in [5.74, 6) is 0. The van der Waals surface area contributed by atoms with Crippen LogP contribution in [0.3, 0.4) is 0 Å². The molecule has 1 aliphatic heterocycles. The third kappa shape index (κ3) is 3.21. The van der Waals surface area contributed by atoms with Gasteiger partial charge in [0.05, 0.1) is 12.1 Å². The molecule has 1 aromatic carbocycles. The van der Waals surface area contributed by atoms with Crippen LogP contribution in [-0.2, 0) is 6.54 Å². The lowest BCUT2D eigenvalue weighted by Gasteiger charge is -2.35. The zero-order chi connectivity index (χ0) is 13.0. The maximum atomic E-state index is 10.9. The first-order chi connectivity index (χ1) is 8.66. The minimum atomic E-state index is -0.923. The number of amides is 1. The molecule has 2 atom stereocenters. The first-order valence-electron chi connectivity index (χ1n) is 6.10. The van der Waals surface area contributed by atoms with Gasteiger partial charge in [0.1, 0.15) is 0 Å². The highest BCUT2D eigenvalue weighted by atomic mass is 16.4. The van der Waals surface area contributed by atoms with Crippen LogP contribution < -0.4 is 5.32 Å². The van der Waals surface area contributed by atoms with E-state index in [9.17, 15) is 9.90 Å². The zero-order valence-corrected chi connectivity index (χ0v) is 10.1. The summed E-state index contributed by atoms with van der Waals surface area (Å²) in [6.45, 7) is 1.37. The molecule has 0 saturated carbocycles. The summed E-state index contributed by atoms with van der Waals surface area (Å²) in [4.78, 5) is 12.2. The number of hydrogen-bond acceptors (Lipinski definition) is 3. The lowest BCUT2D eigenvalue weighted by atomic mass is 10.0. The molecule has 0 aliphatic carbocycles. The molecule has 98 valence electrons. The quantitative estimate of drug-likeness (QED) is 0.745. The Kier molecular flexibility index (Phi) is 4.17. The second-order valence-electron chi connectivity index (χ2n) is 4.56. The molecule has 5 heteroatoms. The van der Waals surface area contributed by atoms with Gasteiger partial charge in [-0.05, 0) is 12.0 Å². The molecule has 2 rings (SSSR count). The molecule has 0 bridgehead atoms. The van der Waals surface area contributed by atoms with Crippen molar-refractivity contribution in [1.82, 2.24) is 10.2 Å². The summed E-state index contributed by atoms with van der Waals surface area (Å²) in [7, 11) is 0. The Balaban J connectivity index is 1.89. The summed E-state index contributed by atoms with van der Waals surface area (Å²) in [6, 6.07) is 9.66. The van der Waals surface area contributed by atoms with Crippen molar-refractivity contribution in [2.75, 3.05) is 13.1 Å². The van der Waals surface area contributed by atoms with Crippen molar-refractivity contribution < 1.29 is 15.0 Å². The van der Waals surface area contributed by atoms with Gasteiger partial charge >= 0.3 is 6.09 Å². The first kappa shape index (κ1) is 12.9. The van der Waals surface area contributed by atoms with Gasteiger partial charge < -0.3 is 20.4 Å². The van der Waals surface area contributed by atoms with E-state index in [2.05, 4.69) is 5.32 Å². The normalized spacial score (nSPS) is 23.9. The molecule has 1 fully saturated rings. The van der Waals surface area contributed by atoms with Crippen LogP contribution in [0, 0.1) is 0 Å². The van der Waals surface area contributed by atoms with Gasteiger partial charge in [-0.15, -0.1) is 0 Å². The van der Waals surface area contributed by atoms with Crippen LogP contribution in [0.1, 0.15) is 12.0 Å². The van der Waals surface area contributed by atoms with Gasteiger partial charge in [0.15, 0.2) is 0 Å². The maximum Gasteiger partial charge on any atom is 0.407 e. The Bertz CT molecular complexity index is 396. The molecule has 2 unspecified atom stereocenters. The number of likely N-dealkylation sites (tertiary alicyclic amines) is 1. The first-order valence-corrected chi connectivity index (χ1v) is 6.10. The van der Waals surface area contributed by atoms with Gasteiger partial charge in [0.25, 0.3) is 0 Å². The fraction of sp³-hybridized carbons (Fsp3) is 0.462. The second kappa shape index (κ2) is 5.84. The molecule has 0 radical (unpaired) electrons. The SMILES string of the molecule is O=C(O)N1CCC(O)C(NCc2ccccc2)C1. The summed E-state index contributed by atoms with van der Waals surface area (Å²) >= 11 is 0. The monoisotopic (exact) mass is 250 g/mol. The smallest absolute Gasteiger partial charge is 0.407 e. The van der Waals surface area contributed by atoms with Crippen molar-refractivity contribution in [3.05, 3.63) is 35.9 Å². The average molecular weight is 250 g/mol. The number of piperidine rings is 1. The van der Waals surface area contributed by atoms with Gasteiger partial charge in [-0.25, -0.2) is 4.79 Å². The molecular weight excluding hydrogens is 232 g/mol. The maximum absolute atomic E-state index is 10.9. The van der Waals surface area contributed by atoms with Crippen LogP contribution >= 0.6 is 0 Å². The molecule has 1 amide bonds. The summed E-state index contributed by atoms with van der Waals surface area (Å²) < 4.78 is 0. The van der Waals surface area contributed by atoms with E-state index in [1.54, 1.807) is 0 Å². The fourth-order valence-electron chi connectivity index (χ4n) is 2.16. The molecular formula is C13H18N2O3. The predicted octanol–water partition coefficient (Wildman–Crippen LogP) is 0.889. The highest BCUT2D eigenvalue weighted by Gasteiger charge is 2.29. The van der Waals surface area contributed by atoms with Crippen molar-refractivity contribution in [3.63, 3.8) is 0 Å². The van der Waals surface area contributed by atoms with E-state index in [0.29, 0.717) is 26.1 Å². The molecule has 1 saturated heterocycles. The van der Waals surface area contributed by atoms with Crippen LogP contribution in [0.5, 0.6) is 0 Å². The summed E-state index contributed by atoms with van der Waals surface area (Å²) in [6.07, 6.45) is -0.920. The minimum absolute atomic E-state index is 0.199. The number of carboxylic acid groups (broad SMARTS) is 1. The Morgan fingerprint density at radius 3 is 2.78 bits per heavy atom. The Hall–Kier alpha value is -1.59. The van der Waals surface area contributed by atoms with Gasteiger partial charge in [0, 0.05) is 19.6 Å². The third-order valence-corrected chi connectivity index (χ3v) is 3.26. The van der Waals surface area contributed by atoms with E-state index in [1.807, 2.05) is 30.3 Å². The lowest BCUT2D eigenvalue weighted by Crippen LogP contribution is -2.54. The molecule has 1 heterocycles. The zero-order valence-electron chi connectivity index (χ0n) is 10.1. The van der Waals surface area contributed by atoms with Gasteiger partial charge in [-0.1, -0.05) is 30.3 Å². The molecule has 0 spiro atoms. The predicted molar refractivity (Wildman–Crippen MR) is 67.3 cm³/mol. The van der Waals surface area contributed by atoms with Crippen LogP contribution in [0.15, 0.2) is 30.3 Å². The summed E-state index contributed by atoms with van der Waals surface area (Å²) in [5, 5.41) is 22.0. The van der Waals surface area contributed by atoms with Gasteiger partial charge in [-0.2, -0.15) is 0 Å². The number of nitrogens with one attached hydrogen (secondary N) is 1. The van der Waals surface area contributed by atoms with E-state index in [1.165, 1.54) is 4.90 Å². The summed E-state index contributed by atoms with van der Waals surface area (Å²) in [5.41, 5.74) is 1.12. The number of aliphatic hydroxyl groups is 1. The van der Waals surface area contributed by atoms with Crippen LogP contribution in [-0.4, -0.2) is 46.4 Å². The van der Waals surface area contributed by atoms with Crippen LogP contribution in [0.4, 0.5) is 4.79 Å². The van der Waals surface area contributed by atoms with E-state index < -0.39 is 12.2 Å². The average Bonchev–Trinajstić information content (AvgIpc) is 2.38. The van der Waals surface area contributed by atoms with Crippen LogP contribution in [0.2, 0.25) is 0 Å². The lowest BCUT2D eigenvalue weighted by molar-refractivity contribution is 0.0473. The number of hydrogen-bond donors (Lipinski definition) is 3. The van der Waals surface area contributed by atoms with E-state index in [0.717, 1.165) is 5.56 Å².